The minimum Gasteiger partial charge on any atom is -0.304 e. The molecular weight excluding hydrogens is 299 g/mol. The van der Waals surface area contributed by atoms with Crippen LogP contribution in [0.15, 0.2) is 24.4 Å². The van der Waals surface area contributed by atoms with Crippen LogP contribution in [-0.4, -0.2) is 4.98 Å². The van der Waals surface area contributed by atoms with Crippen molar-refractivity contribution in [1.82, 2.24) is 10.3 Å². The van der Waals surface area contributed by atoms with E-state index >= 15 is 0 Å². The molecule has 2 rings (SSSR count). The van der Waals surface area contributed by atoms with Crippen molar-refractivity contribution in [3.63, 3.8) is 0 Å². The van der Waals surface area contributed by atoms with Crippen LogP contribution in [0.5, 0.6) is 0 Å². The Labute approximate surface area is 127 Å². The Balaban J connectivity index is 1.97. The Morgan fingerprint density at radius 2 is 1.95 bits per heavy atom. The third-order valence-electron chi connectivity index (χ3n) is 2.83. The molecule has 0 spiro atoms. The van der Waals surface area contributed by atoms with Crippen molar-refractivity contribution in [2.45, 2.75) is 32.9 Å². The highest BCUT2D eigenvalue weighted by atomic mass is 35.5. The van der Waals surface area contributed by atoms with Crippen LogP contribution >= 0.6 is 34.5 Å². The van der Waals surface area contributed by atoms with E-state index in [1.165, 1.54) is 4.88 Å². The first-order valence-electron chi connectivity index (χ1n) is 6.21. The molecule has 0 aliphatic heterocycles. The molecule has 0 fully saturated rings. The molecule has 0 aliphatic rings. The van der Waals surface area contributed by atoms with Crippen LogP contribution in [0.4, 0.5) is 0 Å². The minimum atomic E-state index is 0.225. The zero-order valence-electron chi connectivity index (χ0n) is 10.9. The van der Waals surface area contributed by atoms with Gasteiger partial charge in [0.2, 0.25) is 0 Å². The van der Waals surface area contributed by atoms with Crippen LogP contribution in [0, 0.1) is 0 Å². The first-order chi connectivity index (χ1) is 9.08. The third-order valence-corrected chi connectivity index (χ3v) is 4.59. The van der Waals surface area contributed by atoms with Crippen LogP contribution < -0.4 is 5.32 Å². The number of aromatic nitrogens is 1. The summed E-state index contributed by atoms with van der Waals surface area (Å²) in [6.45, 7) is 4.98. The number of aryl methyl sites for hydroxylation is 1. The summed E-state index contributed by atoms with van der Waals surface area (Å²) < 4.78 is 0. The van der Waals surface area contributed by atoms with E-state index in [1.807, 2.05) is 18.3 Å². The van der Waals surface area contributed by atoms with Crippen molar-refractivity contribution in [3.8, 4) is 0 Å². The predicted octanol–water partition coefficient (Wildman–Crippen LogP) is 4.86. The molecule has 102 valence electrons. The summed E-state index contributed by atoms with van der Waals surface area (Å²) in [5.41, 5.74) is 1.08. The van der Waals surface area contributed by atoms with Crippen molar-refractivity contribution in [3.05, 3.63) is 49.9 Å². The number of nitrogens with zero attached hydrogens (tertiary/aromatic N) is 1. The monoisotopic (exact) mass is 314 g/mol. The highest BCUT2D eigenvalue weighted by molar-refractivity contribution is 7.11. The first-order valence-corrected chi connectivity index (χ1v) is 7.78. The third kappa shape index (κ3) is 4.18. The van der Waals surface area contributed by atoms with Crippen LogP contribution in [-0.2, 0) is 13.0 Å². The van der Waals surface area contributed by atoms with Gasteiger partial charge in [-0.15, -0.1) is 11.3 Å². The van der Waals surface area contributed by atoms with Crippen LogP contribution in [0.25, 0.3) is 0 Å². The normalized spacial score (nSPS) is 12.6. The van der Waals surface area contributed by atoms with E-state index < -0.39 is 0 Å². The average Bonchev–Trinajstić information content (AvgIpc) is 2.83. The molecule has 1 aromatic carbocycles. The number of hydrogen-bond acceptors (Lipinski definition) is 3. The van der Waals surface area contributed by atoms with Crippen LogP contribution in [0.3, 0.4) is 0 Å². The zero-order chi connectivity index (χ0) is 13.8. The molecule has 1 unspecified atom stereocenters. The summed E-state index contributed by atoms with van der Waals surface area (Å²) in [7, 11) is 0. The highest BCUT2D eigenvalue weighted by Crippen LogP contribution is 2.22. The lowest BCUT2D eigenvalue weighted by atomic mass is 10.2. The minimum absolute atomic E-state index is 0.225. The van der Waals surface area contributed by atoms with E-state index in [4.69, 9.17) is 23.2 Å². The lowest BCUT2D eigenvalue weighted by molar-refractivity contribution is 0.572. The van der Waals surface area contributed by atoms with Gasteiger partial charge in [-0.2, -0.15) is 0 Å². The smallest absolute Gasteiger partial charge is 0.109 e. The Hall–Kier alpha value is -0.610. The van der Waals surface area contributed by atoms with Gasteiger partial charge in [-0.25, -0.2) is 4.98 Å². The van der Waals surface area contributed by atoms with E-state index in [9.17, 15) is 0 Å². The Kier molecular flexibility index (Phi) is 5.22. The number of thiazole rings is 1. The summed E-state index contributed by atoms with van der Waals surface area (Å²) in [4.78, 5) is 5.75. The maximum atomic E-state index is 5.98. The Morgan fingerprint density at radius 1 is 1.26 bits per heavy atom. The van der Waals surface area contributed by atoms with Gasteiger partial charge >= 0.3 is 0 Å². The second-order valence-electron chi connectivity index (χ2n) is 4.40. The van der Waals surface area contributed by atoms with Crippen molar-refractivity contribution in [2.75, 3.05) is 0 Å². The van der Waals surface area contributed by atoms with Gasteiger partial charge in [0.15, 0.2) is 0 Å². The number of benzene rings is 1. The van der Waals surface area contributed by atoms with E-state index in [-0.39, 0.29) is 6.04 Å². The molecule has 2 nitrogen and oxygen atoms in total. The summed E-state index contributed by atoms with van der Waals surface area (Å²) >= 11 is 13.7. The SMILES string of the molecule is CCc1cnc(C(C)NCc2cc(Cl)cc(Cl)c2)s1. The molecule has 1 N–H and O–H groups in total. The Morgan fingerprint density at radius 3 is 2.53 bits per heavy atom. The molecular formula is C14H16Cl2N2S. The lowest BCUT2D eigenvalue weighted by Crippen LogP contribution is -2.17. The van der Waals surface area contributed by atoms with Crippen molar-refractivity contribution < 1.29 is 0 Å². The highest BCUT2D eigenvalue weighted by Gasteiger charge is 2.09. The lowest BCUT2D eigenvalue weighted by Gasteiger charge is -2.11. The molecule has 0 radical (unpaired) electrons. The molecule has 2 aromatic rings. The number of hydrogen-bond donors (Lipinski definition) is 1. The second kappa shape index (κ2) is 6.71. The summed E-state index contributed by atoms with van der Waals surface area (Å²) in [5, 5.41) is 5.89. The van der Waals surface area contributed by atoms with Crippen molar-refractivity contribution >= 4 is 34.5 Å². The molecule has 1 atom stereocenters. The van der Waals surface area contributed by atoms with E-state index in [2.05, 4.69) is 24.1 Å². The summed E-state index contributed by atoms with van der Waals surface area (Å²) in [5.74, 6) is 0. The number of halogens is 2. The fourth-order valence-corrected chi connectivity index (χ4v) is 3.21. The van der Waals surface area contributed by atoms with Gasteiger partial charge in [0, 0.05) is 27.7 Å². The van der Waals surface area contributed by atoms with Gasteiger partial charge < -0.3 is 5.32 Å². The van der Waals surface area contributed by atoms with Crippen LogP contribution in [0.1, 0.15) is 35.3 Å². The average molecular weight is 315 g/mol. The molecule has 0 amide bonds. The van der Waals surface area contributed by atoms with Gasteiger partial charge in [0.05, 0.1) is 6.04 Å². The number of rotatable bonds is 5. The van der Waals surface area contributed by atoms with Crippen molar-refractivity contribution in [1.29, 1.82) is 0 Å². The fourth-order valence-electron chi connectivity index (χ4n) is 1.76. The topological polar surface area (TPSA) is 24.9 Å². The fraction of sp³-hybridized carbons (Fsp3) is 0.357. The standard InChI is InChI=1S/C14H16Cl2N2S/c1-3-13-8-18-14(19-13)9(2)17-7-10-4-11(15)6-12(16)5-10/h4-6,8-9,17H,3,7H2,1-2H3. The second-order valence-corrected chi connectivity index (χ2v) is 6.42. The molecule has 0 saturated carbocycles. The zero-order valence-corrected chi connectivity index (χ0v) is 13.2. The number of nitrogens with one attached hydrogen (secondary N) is 1. The van der Waals surface area contributed by atoms with Crippen molar-refractivity contribution in [2.24, 2.45) is 0 Å². The van der Waals surface area contributed by atoms with Gasteiger partial charge in [-0.3, -0.25) is 0 Å². The maximum Gasteiger partial charge on any atom is 0.109 e. The largest absolute Gasteiger partial charge is 0.304 e. The van der Waals surface area contributed by atoms with E-state index in [0.29, 0.717) is 10.0 Å². The molecule has 1 heterocycles. The van der Waals surface area contributed by atoms with E-state index in [0.717, 1.165) is 23.5 Å². The first kappa shape index (κ1) is 14.8. The van der Waals surface area contributed by atoms with Gasteiger partial charge in [-0.1, -0.05) is 30.1 Å². The van der Waals surface area contributed by atoms with Gasteiger partial charge in [-0.05, 0) is 37.1 Å². The quantitative estimate of drug-likeness (QED) is 0.852. The maximum absolute atomic E-state index is 5.98. The Bertz CT molecular complexity index is 534. The van der Waals surface area contributed by atoms with E-state index in [1.54, 1.807) is 17.4 Å². The van der Waals surface area contributed by atoms with Gasteiger partial charge in [0.1, 0.15) is 5.01 Å². The van der Waals surface area contributed by atoms with Crippen LogP contribution in [0.2, 0.25) is 10.0 Å². The summed E-state index contributed by atoms with van der Waals surface area (Å²) in [6.07, 6.45) is 2.99. The molecule has 5 heteroatoms. The molecule has 0 bridgehead atoms. The molecule has 0 aliphatic carbocycles. The predicted molar refractivity (Wildman–Crippen MR) is 83.2 cm³/mol. The molecule has 0 saturated heterocycles. The molecule has 19 heavy (non-hydrogen) atoms. The summed E-state index contributed by atoms with van der Waals surface area (Å²) in [6, 6.07) is 5.81. The molecule has 1 aromatic heterocycles. The van der Waals surface area contributed by atoms with Gasteiger partial charge in [0.25, 0.3) is 0 Å².